The molecule has 2 rings (SSSR count). The molecule has 21 heavy (non-hydrogen) atoms. The molecule has 0 saturated carbocycles. The minimum Gasteiger partial charge on any atom is -0.308 e. The summed E-state index contributed by atoms with van der Waals surface area (Å²) < 4.78 is 37.2. The summed E-state index contributed by atoms with van der Waals surface area (Å²) in [6.45, 7) is 0. The van der Waals surface area contributed by atoms with Crippen molar-refractivity contribution >= 4 is 29.0 Å². The Bertz CT molecular complexity index is 624. The van der Waals surface area contributed by atoms with Crippen molar-refractivity contribution in [2.45, 2.75) is 6.18 Å². The van der Waals surface area contributed by atoms with Crippen LogP contribution in [0.25, 0.3) is 0 Å². The number of carbonyl (C=O) groups excluding carboxylic acids is 1. The van der Waals surface area contributed by atoms with Gasteiger partial charge in [0.2, 0.25) is 0 Å². The lowest BCUT2D eigenvalue weighted by Crippen LogP contribution is -2.19. The van der Waals surface area contributed by atoms with E-state index in [2.05, 4.69) is 10.6 Å². The van der Waals surface area contributed by atoms with Gasteiger partial charge in [-0.25, -0.2) is 4.79 Å². The average molecular weight is 315 g/mol. The van der Waals surface area contributed by atoms with E-state index >= 15 is 0 Å². The fourth-order valence-electron chi connectivity index (χ4n) is 1.57. The van der Waals surface area contributed by atoms with Gasteiger partial charge in [-0.15, -0.1) is 0 Å². The van der Waals surface area contributed by atoms with Gasteiger partial charge in [0, 0.05) is 16.4 Å². The van der Waals surface area contributed by atoms with E-state index in [9.17, 15) is 18.0 Å². The summed E-state index contributed by atoms with van der Waals surface area (Å²) in [4.78, 5) is 11.7. The summed E-state index contributed by atoms with van der Waals surface area (Å²) in [6.07, 6.45) is -4.40. The topological polar surface area (TPSA) is 41.1 Å². The number of hydrogen-bond acceptors (Lipinski definition) is 1. The number of anilines is 2. The van der Waals surface area contributed by atoms with Gasteiger partial charge in [0.1, 0.15) is 0 Å². The molecule has 0 aliphatic rings. The molecule has 2 N–H and O–H groups in total. The molecule has 0 atom stereocenters. The van der Waals surface area contributed by atoms with Gasteiger partial charge < -0.3 is 10.6 Å². The fraction of sp³-hybridized carbons (Fsp3) is 0.0714. The number of carbonyl (C=O) groups is 1. The summed E-state index contributed by atoms with van der Waals surface area (Å²) in [5, 5.41) is 5.50. The van der Waals surface area contributed by atoms with Gasteiger partial charge in [0.15, 0.2) is 0 Å². The predicted octanol–water partition coefficient (Wildman–Crippen LogP) is 5.00. The summed E-state index contributed by atoms with van der Waals surface area (Å²) in [7, 11) is 0. The number of halogens is 4. The quantitative estimate of drug-likeness (QED) is 0.804. The minimum absolute atomic E-state index is 0.259. The lowest BCUT2D eigenvalue weighted by atomic mass is 10.2. The molecule has 0 radical (unpaired) electrons. The number of benzene rings is 2. The SMILES string of the molecule is O=C(Nc1ccc(Cl)cc1)Nc1ccc(C(F)(F)F)cc1. The summed E-state index contributed by atoms with van der Waals surface area (Å²) in [6, 6.07) is 10.0. The molecule has 0 saturated heterocycles. The zero-order valence-corrected chi connectivity index (χ0v) is 11.3. The normalized spacial score (nSPS) is 11.0. The van der Waals surface area contributed by atoms with Gasteiger partial charge in [0.25, 0.3) is 0 Å². The number of rotatable bonds is 2. The number of alkyl halides is 3. The van der Waals surface area contributed by atoms with Crippen molar-refractivity contribution in [3.63, 3.8) is 0 Å². The number of urea groups is 1. The predicted molar refractivity (Wildman–Crippen MR) is 75.5 cm³/mol. The first-order chi connectivity index (χ1) is 9.84. The Morgan fingerprint density at radius 3 is 1.71 bits per heavy atom. The monoisotopic (exact) mass is 314 g/mol. The van der Waals surface area contributed by atoms with Crippen molar-refractivity contribution in [2.24, 2.45) is 0 Å². The highest BCUT2D eigenvalue weighted by Crippen LogP contribution is 2.29. The number of amides is 2. The first-order valence-corrected chi connectivity index (χ1v) is 6.23. The Kier molecular flexibility index (Phi) is 4.37. The molecule has 7 heteroatoms. The summed E-state index contributed by atoms with van der Waals surface area (Å²) in [5.41, 5.74) is 0.00411. The van der Waals surface area contributed by atoms with Gasteiger partial charge in [-0.05, 0) is 48.5 Å². The van der Waals surface area contributed by atoms with Crippen LogP contribution >= 0.6 is 11.6 Å². The van der Waals surface area contributed by atoms with Gasteiger partial charge >= 0.3 is 12.2 Å². The van der Waals surface area contributed by atoms with Crippen molar-refractivity contribution in [3.05, 3.63) is 59.1 Å². The maximum Gasteiger partial charge on any atom is 0.416 e. The second-order valence-electron chi connectivity index (χ2n) is 4.16. The van der Waals surface area contributed by atoms with Crippen molar-refractivity contribution in [1.29, 1.82) is 0 Å². The molecule has 0 bridgehead atoms. The molecule has 0 aromatic heterocycles. The van der Waals surface area contributed by atoms with Crippen LogP contribution in [0.3, 0.4) is 0 Å². The maximum atomic E-state index is 12.4. The van der Waals surface area contributed by atoms with E-state index in [1.165, 1.54) is 12.1 Å². The lowest BCUT2D eigenvalue weighted by Gasteiger charge is -2.10. The Morgan fingerprint density at radius 2 is 1.29 bits per heavy atom. The van der Waals surface area contributed by atoms with Crippen LogP contribution in [-0.4, -0.2) is 6.03 Å². The van der Waals surface area contributed by atoms with Gasteiger partial charge in [-0.3, -0.25) is 0 Å². The Balaban J connectivity index is 1.98. The highest BCUT2D eigenvalue weighted by atomic mass is 35.5. The van der Waals surface area contributed by atoms with Crippen LogP contribution in [-0.2, 0) is 6.18 Å². The second kappa shape index (κ2) is 6.05. The average Bonchev–Trinajstić information content (AvgIpc) is 2.41. The van der Waals surface area contributed by atoms with Crippen LogP contribution in [0.15, 0.2) is 48.5 Å². The molecule has 110 valence electrons. The molecular formula is C14H10ClF3N2O. The zero-order valence-electron chi connectivity index (χ0n) is 10.5. The van der Waals surface area contributed by atoms with Gasteiger partial charge in [-0.1, -0.05) is 11.6 Å². The van der Waals surface area contributed by atoms with E-state index in [1.807, 2.05) is 0 Å². The zero-order chi connectivity index (χ0) is 15.5. The van der Waals surface area contributed by atoms with Crippen LogP contribution in [0.2, 0.25) is 5.02 Å². The van der Waals surface area contributed by atoms with Crippen LogP contribution in [0.1, 0.15) is 5.56 Å². The third kappa shape index (κ3) is 4.39. The van der Waals surface area contributed by atoms with Crippen LogP contribution in [0, 0.1) is 0 Å². The van der Waals surface area contributed by atoms with Crippen molar-refractivity contribution < 1.29 is 18.0 Å². The molecule has 3 nitrogen and oxygen atoms in total. The molecule has 0 heterocycles. The van der Waals surface area contributed by atoms with Crippen LogP contribution in [0.5, 0.6) is 0 Å². The number of hydrogen-bond donors (Lipinski definition) is 2. The summed E-state index contributed by atoms with van der Waals surface area (Å²) >= 11 is 5.71. The van der Waals surface area contributed by atoms with Gasteiger partial charge in [-0.2, -0.15) is 13.2 Å². The Morgan fingerprint density at radius 1 is 0.857 bits per heavy atom. The Hall–Kier alpha value is -2.21. The van der Waals surface area contributed by atoms with E-state index in [0.717, 1.165) is 12.1 Å². The van der Waals surface area contributed by atoms with Crippen molar-refractivity contribution in [2.75, 3.05) is 10.6 Å². The molecule has 0 unspecified atom stereocenters. The minimum atomic E-state index is -4.40. The molecule has 0 spiro atoms. The molecule has 2 aromatic rings. The molecule has 0 fully saturated rings. The highest BCUT2D eigenvalue weighted by molar-refractivity contribution is 6.30. The first kappa shape index (κ1) is 15.2. The van der Waals surface area contributed by atoms with Crippen LogP contribution in [0.4, 0.5) is 29.3 Å². The first-order valence-electron chi connectivity index (χ1n) is 5.85. The third-order valence-corrected chi connectivity index (χ3v) is 2.82. The molecule has 0 aliphatic carbocycles. The Labute approximate surface area is 123 Å². The molecule has 2 amide bonds. The molecular weight excluding hydrogens is 305 g/mol. The third-order valence-electron chi connectivity index (χ3n) is 2.57. The van der Waals surface area contributed by atoms with Crippen molar-refractivity contribution in [1.82, 2.24) is 0 Å². The molecule has 0 aliphatic heterocycles. The highest BCUT2D eigenvalue weighted by Gasteiger charge is 2.29. The number of nitrogens with one attached hydrogen (secondary N) is 2. The van der Waals surface area contributed by atoms with E-state index in [-0.39, 0.29) is 5.69 Å². The van der Waals surface area contributed by atoms with Crippen LogP contribution < -0.4 is 10.6 Å². The van der Waals surface area contributed by atoms with E-state index in [0.29, 0.717) is 10.7 Å². The second-order valence-corrected chi connectivity index (χ2v) is 4.60. The fourth-order valence-corrected chi connectivity index (χ4v) is 1.70. The van der Waals surface area contributed by atoms with E-state index in [1.54, 1.807) is 24.3 Å². The molecule has 2 aromatic carbocycles. The van der Waals surface area contributed by atoms with Crippen molar-refractivity contribution in [3.8, 4) is 0 Å². The van der Waals surface area contributed by atoms with E-state index in [4.69, 9.17) is 11.6 Å². The summed E-state index contributed by atoms with van der Waals surface area (Å²) in [5.74, 6) is 0. The smallest absolute Gasteiger partial charge is 0.308 e. The van der Waals surface area contributed by atoms with E-state index < -0.39 is 17.8 Å². The standard InChI is InChI=1S/C14H10ClF3N2O/c15-10-3-7-12(8-4-10)20-13(21)19-11-5-1-9(2-6-11)14(16,17)18/h1-8H,(H2,19,20,21). The largest absolute Gasteiger partial charge is 0.416 e. The lowest BCUT2D eigenvalue weighted by molar-refractivity contribution is -0.137. The maximum absolute atomic E-state index is 12.4. The van der Waals surface area contributed by atoms with Gasteiger partial charge in [0.05, 0.1) is 5.56 Å².